The highest BCUT2D eigenvalue weighted by atomic mass is 32.2. The first kappa shape index (κ1) is 26.6. The van der Waals surface area contributed by atoms with Crippen molar-refractivity contribution in [1.29, 1.82) is 0 Å². The van der Waals surface area contributed by atoms with E-state index in [2.05, 4.69) is 20.6 Å². The van der Waals surface area contributed by atoms with Crippen LogP contribution >= 0.6 is 0 Å². The van der Waals surface area contributed by atoms with E-state index in [1.165, 1.54) is 20.3 Å². The fraction of sp³-hybridized carbons (Fsp3) is 0.192. The Morgan fingerprint density at radius 1 is 0.947 bits per heavy atom. The van der Waals surface area contributed by atoms with Gasteiger partial charge in [-0.3, -0.25) is 4.79 Å². The quantitative estimate of drug-likeness (QED) is 0.222. The molecule has 0 aliphatic rings. The molecular weight excluding hydrogens is 508 g/mol. The first-order valence-corrected chi connectivity index (χ1v) is 12.8. The highest BCUT2D eigenvalue weighted by molar-refractivity contribution is 7.74. The summed E-state index contributed by atoms with van der Waals surface area (Å²) in [5.74, 6) is 0.906. The third-order valence-corrected chi connectivity index (χ3v) is 6.41. The number of anilines is 5. The lowest BCUT2D eigenvalue weighted by molar-refractivity contribution is -0.117. The maximum absolute atomic E-state index is 12.7. The second-order valence-corrected chi connectivity index (χ2v) is 9.09. The van der Waals surface area contributed by atoms with Crippen molar-refractivity contribution in [3.05, 3.63) is 66.7 Å². The molecule has 4 rings (SSSR count). The average molecular weight is 537 g/mol. The fourth-order valence-corrected chi connectivity index (χ4v) is 4.28. The number of carbonyl (C=O) groups is 1. The Hall–Kier alpha value is -4.42. The molecule has 1 amide bonds. The molecule has 0 spiro atoms. The number of benzene rings is 3. The summed E-state index contributed by atoms with van der Waals surface area (Å²) in [5, 5.41) is 5.88. The number of para-hydroxylation sites is 2. The van der Waals surface area contributed by atoms with Crippen molar-refractivity contribution in [1.82, 2.24) is 9.97 Å². The van der Waals surface area contributed by atoms with E-state index in [1.54, 1.807) is 61.5 Å². The van der Waals surface area contributed by atoms with Gasteiger partial charge in [0.25, 0.3) is 0 Å². The zero-order chi connectivity index (χ0) is 27.2. The van der Waals surface area contributed by atoms with Gasteiger partial charge >= 0.3 is 0 Å². The Labute approximate surface area is 221 Å². The van der Waals surface area contributed by atoms with Gasteiger partial charge in [-0.2, -0.15) is 0 Å². The molecule has 1 heterocycles. The normalized spacial score (nSPS) is 11.7. The fourth-order valence-electron chi connectivity index (χ4n) is 3.67. The molecule has 0 bridgehead atoms. The number of hydrogen-bond donors (Lipinski definition) is 4. The van der Waals surface area contributed by atoms with Crippen LogP contribution in [0.3, 0.4) is 0 Å². The molecule has 198 valence electrons. The van der Waals surface area contributed by atoms with E-state index in [-0.39, 0.29) is 23.2 Å². The third kappa shape index (κ3) is 5.93. The first-order valence-electron chi connectivity index (χ1n) is 11.7. The van der Waals surface area contributed by atoms with Crippen molar-refractivity contribution in [2.75, 3.05) is 29.2 Å². The molecule has 0 aliphatic heterocycles. The SMILES string of the molecule is CC[C@H](N)C(=O)Nc1cccc(N(c2nc3ccccc3nc2Nc2cc(OC)cc(OC)c2)[SH](=O)=O)c1. The van der Waals surface area contributed by atoms with Crippen molar-refractivity contribution in [2.45, 2.75) is 19.4 Å². The standard InChI is InChI=1S/C26H28N6O5S/c1-4-21(27)26(33)29-16-8-7-9-18(12-16)32(38(34)35)25-24(30-22-10-5-6-11-23(22)31-25)28-17-13-19(36-2)15-20(14-17)37-3/h5-15,21,38H,4,27H2,1-3H3,(H,28,30)(H,29,33)/t21-/m0/s1. The number of aromatic nitrogens is 2. The van der Waals surface area contributed by atoms with Gasteiger partial charge in [-0.25, -0.2) is 22.7 Å². The summed E-state index contributed by atoms with van der Waals surface area (Å²) < 4.78 is 37.0. The number of methoxy groups -OCH3 is 2. The number of ether oxygens (including phenoxy) is 2. The van der Waals surface area contributed by atoms with Crippen LogP contribution in [0, 0.1) is 0 Å². The molecule has 0 fully saturated rings. The summed E-state index contributed by atoms with van der Waals surface area (Å²) in [7, 11) is -0.164. The summed E-state index contributed by atoms with van der Waals surface area (Å²) in [6, 6.07) is 18.0. The molecule has 3 aromatic carbocycles. The number of hydrogen-bond acceptors (Lipinski definition) is 9. The highest BCUT2D eigenvalue weighted by Crippen LogP contribution is 2.35. The molecule has 0 radical (unpaired) electrons. The van der Waals surface area contributed by atoms with Gasteiger partial charge in [0.05, 0.1) is 37.0 Å². The number of thiol groups is 1. The topological polar surface area (TPSA) is 149 Å². The monoisotopic (exact) mass is 536 g/mol. The van der Waals surface area contributed by atoms with E-state index < -0.39 is 16.9 Å². The van der Waals surface area contributed by atoms with Crippen LogP contribution in [-0.2, 0) is 15.7 Å². The van der Waals surface area contributed by atoms with Crippen LogP contribution in [0.15, 0.2) is 66.7 Å². The number of carbonyl (C=O) groups excluding carboxylic acids is 1. The van der Waals surface area contributed by atoms with E-state index >= 15 is 0 Å². The molecule has 0 saturated carbocycles. The smallest absolute Gasteiger partial charge is 0.241 e. The molecule has 12 heteroatoms. The van der Waals surface area contributed by atoms with Gasteiger partial charge in [0, 0.05) is 29.6 Å². The zero-order valence-corrected chi connectivity index (χ0v) is 21.9. The highest BCUT2D eigenvalue weighted by Gasteiger charge is 2.22. The van der Waals surface area contributed by atoms with Gasteiger partial charge in [0.2, 0.25) is 16.8 Å². The molecular formula is C26H28N6O5S. The lowest BCUT2D eigenvalue weighted by Crippen LogP contribution is -2.34. The van der Waals surface area contributed by atoms with Crippen LogP contribution in [0.4, 0.5) is 28.7 Å². The van der Waals surface area contributed by atoms with E-state index in [1.807, 2.05) is 6.07 Å². The summed E-state index contributed by atoms with van der Waals surface area (Å²) in [6.07, 6.45) is 0.459. The maximum atomic E-state index is 12.7. The second-order valence-electron chi connectivity index (χ2n) is 8.21. The molecule has 1 atom stereocenters. The number of nitrogens with two attached hydrogens (primary N) is 1. The van der Waals surface area contributed by atoms with Crippen molar-refractivity contribution < 1.29 is 22.7 Å². The number of nitrogens with one attached hydrogen (secondary N) is 2. The Morgan fingerprint density at radius 3 is 2.21 bits per heavy atom. The largest absolute Gasteiger partial charge is 0.497 e. The predicted molar refractivity (Wildman–Crippen MR) is 148 cm³/mol. The Balaban J connectivity index is 1.83. The molecule has 0 saturated heterocycles. The molecule has 4 N–H and O–H groups in total. The van der Waals surface area contributed by atoms with Crippen LogP contribution in [0.5, 0.6) is 11.5 Å². The van der Waals surface area contributed by atoms with E-state index in [4.69, 9.17) is 15.2 Å². The summed E-state index contributed by atoms with van der Waals surface area (Å²) >= 11 is 0. The van der Waals surface area contributed by atoms with Gasteiger partial charge in [-0.1, -0.05) is 25.1 Å². The van der Waals surface area contributed by atoms with Gasteiger partial charge in [0.1, 0.15) is 11.5 Å². The van der Waals surface area contributed by atoms with Crippen LogP contribution < -0.4 is 30.1 Å². The van der Waals surface area contributed by atoms with Crippen molar-refractivity contribution in [2.24, 2.45) is 5.73 Å². The summed E-state index contributed by atoms with van der Waals surface area (Å²) in [6.45, 7) is 1.80. The van der Waals surface area contributed by atoms with Crippen LogP contribution in [-0.4, -0.2) is 44.6 Å². The van der Waals surface area contributed by atoms with Crippen molar-refractivity contribution in [3.63, 3.8) is 0 Å². The van der Waals surface area contributed by atoms with E-state index in [9.17, 15) is 13.2 Å². The molecule has 0 unspecified atom stereocenters. The number of nitrogens with zero attached hydrogens (tertiary/aromatic N) is 3. The van der Waals surface area contributed by atoms with Crippen molar-refractivity contribution in [3.8, 4) is 11.5 Å². The average Bonchev–Trinajstić information content (AvgIpc) is 2.92. The van der Waals surface area contributed by atoms with E-state index in [0.717, 1.165) is 4.31 Å². The van der Waals surface area contributed by atoms with Crippen LogP contribution in [0.25, 0.3) is 11.0 Å². The predicted octanol–water partition coefficient (Wildman–Crippen LogP) is 3.73. The molecule has 38 heavy (non-hydrogen) atoms. The lowest BCUT2D eigenvalue weighted by Gasteiger charge is -2.21. The zero-order valence-electron chi connectivity index (χ0n) is 21.0. The third-order valence-electron chi connectivity index (χ3n) is 5.67. The Kier molecular flexibility index (Phi) is 8.24. The lowest BCUT2D eigenvalue weighted by atomic mass is 10.2. The number of amides is 1. The maximum Gasteiger partial charge on any atom is 0.241 e. The summed E-state index contributed by atoms with van der Waals surface area (Å²) in [5.41, 5.74) is 8.06. The number of fused-ring (bicyclic) bond motifs is 1. The van der Waals surface area contributed by atoms with Crippen LogP contribution in [0.2, 0.25) is 0 Å². The molecule has 11 nitrogen and oxygen atoms in total. The first-order chi connectivity index (χ1) is 18.3. The Morgan fingerprint density at radius 2 is 1.61 bits per heavy atom. The van der Waals surface area contributed by atoms with Gasteiger partial charge in [-0.15, -0.1) is 0 Å². The summed E-state index contributed by atoms with van der Waals surface area (Å²) in [4.78, 5) is 21.6. The Bertz CT molecular complexity index is 1510. The van der Waals surface area contributed by atoms with Gasteiger partial charge in [0.15, 0.2) is 11.6 Å². The van der Waals surface area contributed by atoms with Crippen molar-refractivity contribution >= 4 is 56.5 Å². The second kappa shape index (κ2) is 11.8. The van der Waals surface area contributed by atoms with Gasteiger partial charge in [-0.05, 0) is 36.8 Å². The number of rotatable bonds is 10. The molecule has 4 aromatic rings. The molecule has 1 aromatic heterocycles. The minimum atomic E-state index is -3.23. The minimum Gasteiger partial charge on any atom is -0.497 e. The van der Waals surface area contributed by atoms with Gasteiger partial charge < -0.3 is 25.8 Å². The minimum absolute atomic E-state index is 0.0373. The van der Waals surface area contributed by atoms with E-state index in [0.29, 0.717) is 40.3 Å². The van der Waals surface area contributed by atoms with Crippen LogP contribution in [0.1, 0.15) is 13.3 Å². The molecule has 0 aliphatic carbocycles.